The number of carbonyl (C=O) groups excluding carboxylic acids is 3. The van der Waals surface area contributed by atoms with Crippen LogP contribution in [0.2, 0.25) is 0 Å². The highest BCUT2D eigenvalue weighted by Gasteiger charge is 2.46. The minimum absolute atomic E-state index is 0.00660. The van der Waals surface area contributed by atoms with Crippen LogP contribution in [0.1, 0.15) is 65.7 Å². The van der Waals surface area contributed by atoms with Gasteiger partial charge in [-0.05, 0) is 58.1 Å². The summed E-state index contributed by atoms with van der Waals surface area (Å²) in [5, 5.41) is 21.9. The number of nitrogens with one attached hydrogen (secondary N) is 1. The molecule has 1 heterocycles. The highest BCUT2D eigenvalue weighted by molar-refractivity contribution is 5.96. The Labute approximate surface area is 225 Å². The fraction of sp³-hybridized carbons (Fsp3) is 0.679. The number of benzene rings is 1. The first-order valence-corrected chi connectivity index (χ1v) is 13.6. The molecule has 212 valence electrons. The highest BCUT2D eigenvalue weighted by Crippen LogP contribution is 2.31. The monoisotopic (exact) mass is 533 g/mol. The molecular formula is C28H43N3O7. The number of aliphatic hydroxyl groups is 1. The topological polar surface area (TPSA) is 129 Å². The number of amides is 3. The molecule has 0 bridgehead atoms. The zero-order chi connectivity index (χ0) is 27.9. The molecule has 0 spiro atoms. The van der Waals surface area contributed by atoms with Gasteiger partial charge < -0.3 is 29.9 Å². The Hall–Kier alpha value is -2.85. The predicted octanol–water partition coefficient (Wildman–Crippen LogP) is 3.20. The summed E-state index contributed by atoms with van der Waals surface area (Å²) in [4.78, 5) is 43.4. The van der Waals surface area contributed by atoms with Crippen LogP contribution in [0.5, 0.6) is 5.75 Å². The summed E-state index contributed by atoms with van der Waals surface area (Å²) >= 11 is 0. The van der Waals surface area contributed by atoms with E-state index in [1.165, 1.54) is 21.9 Å². The van der Waals surface area contributed by atoms with Crippen molar-refractivity contribution in [1.82, 2.24) is 10.2 Å². The van der Waals surface area contributed by atoms with Crippen LogP contribution >= 0.6 is 0 Å². The third-order valence-corrected chi connectivity index (χ3v) is 7.07. The Bertz CT molecular complexity index is 958. The first-order valence-electron chi connectivity index (χ1n) is 13.6. The number of ether oxygens (including phenoxy) is 2. The molecule has 0 aromatic heterocycles. The number of hydrogen-bond acceptors (Lipinski definition) is 7. The van der Waals surface area contributed by atoms with Crippen LogP contribution in [0.3, 0.4) is 0 Å². The maximum Gasteiger partial charge on any atom is 0.329 e. The highest BCUT2D eigenvalue weighted by atomic mass is 16.6. The second kappa shape index (κ2) is 13.3. The molecule has 3 atom stereocenters. The molecule has 1 saturated heterocycles. The van der Waals surface area contributed by atoms with E-state index in [4.69, 9.17) is 14.6 Å². The number of carbonyl (C=O) groups is 3. The number of phenols is 1. The van der Waals surface area contributed by atoms with Gasteiger partial charge in [0.25, 0.3) is 0 Å². The number of phenolic OH excluding ortho intramolecular Hbond substituents is 1. The fourth-order valence-corrected chi connectivity index (χ4v) is 5.15. The first-order chi connectivity index (χ1) is 18.0. The van der Waals surface area contributed by atoms with E-state index in [2.05, 4.69) is 5.32 Å². The van der Waals surface area contributed by atoms with Crippen molar-refractivity contribution in [2.75, 3.05) is 31.7 Å². The molecule has 2 fully saturated rings. The number of aliphatic hydroxyl groups excluding tert-OH is 1. The zero-order valence-electron chi connectivity index (χ0n) is 23.0. The smallest absolute Gasteiger partial charge is 0.329 e. The zero-order valence-corrected chi connectivity index (χ0v) is 23.0. The fourth-order valence-electron chi connectivity index (χ4n) is 5.15. The molecule has 0 radical (unpaired) electrons. The number of likely N-dealkylation sites (tertiary alicyclic amines) is 1. The van der Waals surface area contributed by atoms with E-state index in [-0.39, 0.29) is 36.8 Å². The summed E-state index contributed by atoms with van der Waals surface area (Å²) in [6.07, 6.45) is 5.00. The first kappa shape index (κ1) is 29.7. The summed E-state index contributed by atoms with van der Waals surface area (Å²) < 4.78 is 11.5. The summed E-state index contributed by atoms with van der Waals surface area (Å²) in [6.45, 7) is 5.86. The number of nitrogens with zero attached hydrogens (tertiary/aromatic N) is 2. The van der Waals surface area contributed by atoms with Gasteiger partial charge in [0, 0.05) is 45.0 Å². The number of anilines is 1. The predicted molar refractivity (Wildman–Crippen MR) is 143 cm³/mol. The van der Waals surface area contributed by atoms with Gasteiger partial charge in [-0.25, -0.2) is 9.59 Å². The van der Waals surface area contributed by atoms with Crippen LogP contribution in [0, 0.1) is 5.92 Å². The third kappa shape index (κ3) is 8.07. The van der Waals surface area contributed by atoms with E-state index in [9.17, 15) is 19.5 Å². The van der Waals surface area contributed by atoms with Crippen molar-refractivity contribution in [2.24, 2.45) is 5.92 Å². The van der Waals surface area contributed by atoms with Gasteiger partial charge >= 0.3 is 12.0 Å². The van der Waals surface area contributed by atoms with Gasteiger partial charge in [-0.3, -0.25) is 9.69 Å². The summed E-state index contributed by atoms with van der Waals surface area (Å²) in [5.41, 5.74) is -0.231. The lowest BCUT2D eigenvalue weighted by atomic mass is 9.83. The second-order valence-corrected chi connectivity index (χ2v) is 11.2. The Morgan fingerprint density at radius 1 is 1.18 bits per heavy atom. The average Bonchev–Trinajstić information content (AvgIpc) is 3.30. The maximum atomic E-state index is 14.1. The Kier molecular flexibility index (Phi) is 10.4. The normalized spacial score (nSPS) is 21.1. The SMILES string of the molecule is CN(C(=O)N[C@H](C(=O)N1CC(OCCCO)C[C@H]1C(=O)OC(C)(C)C)C1CCCCC1)c1cccc(O)c1. The molecular weight excluding hydrogens is 490 g/mol. The molecule has 10 nitrogen and oxygen atoms in total. The third-order valence-electron chi connectivity index (χ3n) is 7.07. The molecule has 1 aliphatic carbocycles. The molecule has 1 saturated carbocycles. The molecule has 3 rings (SSSR count). The van der Waals surface area contributed by atoms with Crippen molar-refractivity contribution in [1.29, 1.82) is 0 Å². The van der Waals surface area contributed by atoms with E-state index in [0.29, 0.717) is 25.1 Å². The molecule has 3 N–H and O–H groups in total. The van der Waals surface area contributed by atoms with Gasteiger partial charge in [0.1, 0.15) is 23.4 Å². The van der Waals surface area contributed by atoms with E-state index in [1.54, 1.807) is 40.0 Å². The van der Waals surface area contributed by atoms with Gasteiger partial charge in [0.15, 0.2) is 0 Å². The molecule has 38 heavy (non-hydrogen) atoms. The van der Waals surface area contributed by atoms with Crippen LogP contribution in [0.4, 0.5) is 10.5 Å². The number of hydrogen-bond donors (Lipinski definition) is 3. The van der Waals surface area contributed by atoms with Crippen LogP contribution in [0.25, 0.3) is 0 Å². The summed E-state index contributed by atoms with van der Waals surface area (Å²) in [6, 6.07) is 4.23. The Balaban J connectivity index is 1.84. The molecule has 1 aromatic rings. The van der Waals surface area contributed by atoms with Gasteiger partial charge in [0.05, 0.1) is 6.10 Å². The standard InChI is InChI=1S/C28H43N3O7/c1-28(2,3)38-26(35)23-17-22(37-15-9-14-32)18-31(23)25(34)24(19-10-6-5-7-11-19)29-27(36)30(4)20-12-8-13-21(33)16-20/h8,12-13,16,19,22-24,32-33H,5-7,9-11,14-15,17-18H2,1-4H3,(H,29,36)/t22?,23-,24-/m0/s1. The number of esters is 1. The summed E-state index contributed by atoms with van der Waals surface area (Å²) in [5.74, 6) is -0.846. The van der Waals surface area contributed by atoms with Crippen molar-refractivity contribution in [3.05, 3.63) is 24.3 Å². The van der Waals surface area contributed by atoms with Crippen molar-refractivity contribution >= 4 is 23.6 Å². The van der Waals surface area contributed by atoms with Gasteiger partial charge in [0.2, 0.25) is 5.91 Å². The minimum Gasteiger partial charge on any atom is -0.508 e. The van der Waals surface area contributed by atoms with Crippen LogP contribution in [-0.2, 0) is 19.1 Å². The minimum atomic E-state index is -0.826. The largest absolute Gasteiger partial charge is 0.508 e. The molecule has 1 unspecified atom stereocenters. The van der Waals surface area contributed by atoms with Crippen molar-refractivity contribution < 1.29 is 34.1 Å². The van der Waals surface area contributed by atoms with Crippen LogP contribution < -0.4 is 10.2 Å². The molecule has 3 amide bonds. The second-order valence-electron chi connectivity index (χ2n) is 11.2. The molecule has 1 aromatic carbocycles. The number of aromatic hydroxyl groups is 1. The van der Waals surface area contributed by atoms with Gasteiger partial charge in [-0.15, -0.1) is 0 Å². The number of rotatable bonds is 9. The Morgan fingerprint density at radius 3 is 2.53 bits per heavy atom. The quantitative estimate of drug-likeness (QED) is 0.328. The lowest BCUT2D eigenvalue weighted by molar-refractivity contribution is -0.163. The average molecular weight is 534 g/mol. The van der Waals surface area contributed by atoms with Gasteiger partial charge in [-0.1, -0.05) is 25.3 Å². The van der Waals surface area contributed by atoms with Crippen molar-refractivity contribution in [3.63, 3.8) is 0 Å². The molecule has 1 aliphatic heterocycles. The van der Waals surface area contributed by atoms with Crippen LogP contribution in [-0.4, -0.2) is 83.6 Å². The maximum absolute atomic E-state index is 14.1. The van der Waals surface area contributed by atoms with Gasteiger partial charge in [-0.2, -0.15) is 0 Å². The Morgan fingerprint density at radius 2 is 1.89 bits per heavy atom. The van der Waals surface area contributed by atoms with E-state index < -0.39 is 29.7 Å². The van der Waals surface area contributed by atoms with E-state index >= 15 is 0 Å². The van der Waals surface area contributed by atoms with Crippen molar-refractivity contribution in [2.45, 2.75) is 89.5 Å². The summed E-state index contributed by atoms with van der Waals surface area (Å²) in [7, 11) is 1.58. The lowest BCUT2D eigenvalue weighted by Crippen LogP contribution is -2.57. The van der Waals surface area contributed by atoms with E-state index in [1.807, 2.05) is 0 Å². The molecule has 10 heteroatoms. The lowest BCUT2D eigenvalue weighted by Gasteiger charge is -2.35. The number of urea groups is 1. The molecule has 2 aliphatic rings. The van der Waals surface area contributed by atoms with E-state index in [0.717, 1.165) is 32.1 Å². The van der Waals surface area contributed by atoms with Crippen molar-refractivity contribution in [3.8, 4) is 5.75 Å². The van der Waals surface area contributed by atoms with Crippen LogP contribution in [0.15, 0.2) is 24.3 Å².